The van der Waals surface area contributed by atoms with Crippen LogP contribution in [0.5, 0.6) is 0 Å². The minimum absolute atomic E-state index is 0.767. The summed E-state index contributed by atoms with van der Waals surface area (Å²) < 4.78 is 4.39. The van der Waals surface area contributed by atoms with E-state index in [9.17, 15) is 0 Å². The third-order valence-corrected chi connectivity index (χ3v) is 3.79. The molecule has 5 heteroatoms. The van der Waals surface area contributed by atoms with Crippen LogP contribution in [0, 0.1) is 5.92 Å². The highest BCUT2D eigenvalue weighted by Crippen LogP contribution is 2.25. The van der Waals surface area contributed by atoms with E-state index in [0.717, 1.165) is 49.3 Å². The molecule has 0 amide bonds. The number of anilines is 1. The van der Waals surface area contributed by atoms with E-state index in [1.165, 1.54) is 6.42 Å². The number of nitrogens with zero attached hydrogens (tertiary/aromatic N) is 3. The highest BCUT2D eigenvalue weighted by Gasteiger charge is 2.24. The minimum Gasteiger partial charge on any atom is -0.347 e. The lowest BCUT2D eigenvalue weighted by molar-refractivity contribution is 0.549. The summed E-state index contributed by atoms with van der Waals surface area (Å²) in [6.07, 6.45) is 3.40. The van der Waals surface area contributed by atoms with Crippen molar-refractivity contribution in [3.8, 4) is 0 Å². The number of rotatable bonds is 5. The van der Waals surface area contributed by atoms with Crippen LogP contribution in [0.1, 0.15) is 25.6 Å². The van der Waals surface area contributed by atoms with Crippen LogP contribution >= 0.6 is 11.5 Å². The molecule has 4 nitrogen and oxygen atoms in total. The highest BCUT2D eigenvalue weighted by atomic mass is 32.1. The van der Waals surface area contributed by atoms with Gasteiger partial charge in [-0.1, -0.05) is 6.92 Å². The van der Waals surface area contributed by atoms with Crippen molar-refractivity contribution in [2.45, 2.75) is 26.2 Å². The zero-order valence-corrected chi connectivity index (χ0v) is 10.9. The van der Waals surface area contributed by atoms with Crippen LogP contribution in [0.25, 0.3) is 0 Å². The highest BCUT2D eigenvalue weighted by molar-refractivity contribution is 7.09. The number of hydrogen-bond donors (Lipinski definition) is 1. The summed E-state index contributed by atoms with van der Waals surface area (Å²) in [6, 6.07) is 0. The Morgan fingerprint density at radius 1 is 1.56 bits per heavy atom. The molecule has 0 aliphatic carbocycles. The van der Waals surface area contributed by atoms with E-state index in [1.807, 2.05) is 7.05 Å². The van der Waals surface area contributed by atoms with Crippen molar-refractivity contribution in [1.29, 1.82) is 0 Å². The third kappa shape index (κ3) is 2.71. The molecule has 1 fully saturated rings. The van der Waals surface area contributed by atoms with Gasteiger partial charge in [0.25, 0.3) is 0 Å². The first kappa shape index (κ1) is 11.8. The lowest BCUT2D eigenvalue weighted by atomic mass is 10.1. The van der Waals surface area contributed by atoms with Gasteiger partial charge < -0.3 is 10.2 Å². The molecule has 1 aromatic heterocycles. The van der Waals surface area contributed by atoms with E-state index in [0.29, 0.717) is 0 Å². The molecule has 90 valence electrons. The Kier molecular flexibility index (Phi) is 4.12. The maximum atomic E-state index is 4.59. The Morgan fingerprint density at radius 3 is 3.19 bits per heavy atom. The second-order valence-corrected chi connectivity index (χ2v) is 5.13. The maximum absolute atomic E-state index is 4.59. The van der Waals surface area contributed by atoms with E-state index < -0.39 is 0 Å². The maximum Gasteiger partial charge on any atom is 0.205 e. The Bertz CT molecular complexity index is 326. The number of nitrogens with one attached hydrogen (secondary N) is 1. The molecule has 0 bridgehead atoms. The summed E-state index contributed by atoms with van der Waals surface area (Å²) in [5.74, 6) is 1.78. The van der Waals surface area contributed by atoms with Crippen LogP contribution in [0.2, 0.25) is 0 Å². The second kappa shape index (κ2) is 5.59. The summed E-state index contributed by atoms with van der Waals surface area (Å²) in [4.78, 5) is 6.96. The summed E-state index contributed by atoms with van der Waals surface area (Å²) in [6.45, 7) is 5.53. The van der Waals surface area contributed by atoms with E-state index in [1.54, 1.807) is 11.5 Å². The molecular formula is C11H20N4S. The third-order valence-electron chi connectivity index (χ3n) is 2.98. The van der Waals surface area contributed by atoms with Crippen molar-refractivity contribution >= 4 is 16.7 Å². The molecule has 0 aromatic carbocycles. The quantitative estimate of drug-likeness (QED) is 0.847. The fourth-order valence-corrected chi connectivity index (χ4v) is 2.91. The van der Waals surface area contributed by atoms with Crippen molar-refractivity contribution in [3.63, 3.8) is 0 Å². The fourth-order valence-electron chi connectivity index (χ4n) is 2.16. The van der Waals surface area contributed by atoms with Gasteiger partial charge in [0.1, 0.15) is 5.82 Å². The van der Waals surface area contributed by atoms with Crippen LogP contribution < -0.4 is 10.2 Å². The fraction of sp³-hybridized carbons (Fsp3) is 0.818. The molecule has 1 unspecified atom stereocenters. The van der Waals surface area contributed by atoms with Crippen molar-refractivity contribution in [1.82, 2.24) is 14.7 Å². The molecule has 0 saturated carbocycles. The lowest BCUT2D eigenvalue weighted by Crippen LogP contribution is -2.24. The molecule has 1 aromatic rings. The van der Waals surface area contributed by atoms with Crippen LogP contribution in [0.4, 0.5) is 5.13 Å². The summed E-state index contributed by atoms with van der Waals surface area (Å²) >= 11 is 1.55. The number of hydrogen-bond acceptors (Lipinski definition) is 5. The Balaban J connectivity index is 1.92. The average Bonchev–Trinajstić information content (AvgIpc) is 2.87. The minimum atomic E-state index is 0.767. The van der Waals surface area contributed by atoms with Crippen LogP contribution in [-0.4, -0.2) is 36.0 Å². The van der Waals surface area contributed by atoms with Crippen LogP contribution in [0.3, 0.4) is 0 Å². The molecule has 1 atom stereocenters. The van der Waals surface area contributed by atoms with Gasteiger partial charge in [0.2, 0.25) is 5.13 Å². The molecule has 0 spiro atoms. The Morgan fingerprint density at radius 2 is 2.44 bits per heavy atom. The molecule has 16 heavy (non-hydrogen) atoms. The monoisotopic (exact) mass is 240 g/mol. The zero-order chi connectivity index (χ0) is 11.4. The van der Waals surface area contributed by atoms with Gasteiger partial charge in [-0.25, -0.2) is 4.98 Å². The first-order chi connectivity index (χ1) is 7.83. The molecule has 1 saturated heterocycles. The van der Waals surface area contributed by atoms with E-state index in [4.69, 9.17) is 0 Å². The number of aryl methyl sites for hydroxylation is 1. The largest absolute Gasteiger partial charge is 0.347 e. The van der Waals surface area contributed by atoms with Gasteiger partial charge in [-0.15, -0.1) is 0 Å². The Hall–Kier alpha value is -0.680. The predicted molar refractivity (Wildman–Crippen MR) is 68.2 cm³/mol. The first-order valence-electron chi connectivity index (χ1n) is 6.05. The van der Waals surface area contributed by atoms with E-state index in [2.05, 4.69) is 26.5 Å². The topological polar surface area (TPSA) is 41.1 Å². The average molecular weight is 240 g/mol. The SMILES string of the molecule is CCCc1nsc(N2CCC(CNC)C2)n1. The van der Waals surface area contributed by atoms with Gasteiger partial charge in [0.15, 0.2) is 0 Å². The van der Waals surface area contributed by atoms with Crippen LogP contribution in [0.15, 0.2) is 0 Å². The van der Waals surface area contributed by atoms with Gasteiger partial charge in [-0.3, -0.25) is 0 Å². The smallest absolute Gasteiger partial charge is 0.205 e. The second-order valence-electron chi connectivity index (χ2n) is 4.40. The van der Waals surface area contributed by atoms with Crippen LogP contribution in [-0.2, 0) is 6.42 Å². The lowest BCUT2D eigenvalue weighted by Gasteiger charge is -2.13. The van der Waals surface area contributed by atoms with E-state index in [-0.39, 0.29) is 0 Å². The normalized spacial score (nSPS) is 20.6. The van der Waals surface area contributed by atoms with Gasteiger partial charge in [-0.05, 0) is 32.4 Å². The molecule has 0 radical (unpaired) electrons. The summed E-state index contributed by atoms with van der Waals surface area (Å²) in [5, 5.41) is 4.36. The van der Waals surface area contributed by atoms with Crippen molar-refractivity contribution < 1.29 is 0 Å². The van der Waals surface area contributed by atoms with Crippen molar-refractivity contribution in [2.24, 2.45) is 5.92 Å². The summed E-state index contributed by atoms with van der Waals surface area (Å²) in [5.41, 5.74) is 0. The standard InChI is InChI=1S/C11H20N4S/c1-3-4-10-13-11(16-14-10)15-6-5-9(8-15)7-12-2/h9,12H,3-8H2,1-2H3. The van der Waals surface area contributed by atoms with E-state index >= 15 is 0 Å². The molecule has 2 rings (SSSR count). The van der Waals surface area contributed by atoms with Gasteiger partial charge in [0.05, 0.1) is 0 Å². The molecule has 1 aliphatic heterocycles. The number of aromatic nitrogens is 2. The summed E-state index contributed by atoms with van der Waals surface area (Å²) in [7, 11) is 2.02. The molecule has 1 aliphatic rings. The predicted octanol–water partition coefficient (Wildman–Crippen LogP) is 1.54. The van der Waals surface area contributed by atoms with Gasteiger partial charge >= 0.3 is 0 Å². The van der Waals surface area contributed by atoms with Gasteiger partial charge in [0, 0.05) is 31.0 Å². The van der Waals surface area contributed by atoms with Gasteiger partial charge in [-0.2, -0.15) is 4.37 Å². The Labute approximate surface area is 101 Å². The molecular weight excluding hydrogens is 220 g/mol. The molecule has 1 N–H and O–H groups in total. The zero-order valence-electron chi connectivity index (χ0n) is 10.1. The molecule has 2 heterocycles. The first-order valence-corrected chi connectivity index (χ1v) is 6.83. The van der Waals surface area contributed by atoms with Crippen molar-refractivity contribution in [3.05, 3.63) is 5.82 Å². The van der Waals surface area contributed by atoms with Crippen molar-refractivity contribution in [2.75, 3.05) is 31.6 Å².